The van der Waals surface area contributed by atoms with Gasteiger partial charge in [-0.15, -0.1) is 16.4 Å². The molecule has 6 rings (SSSR count). The number of likely N-dealkylation sites (tertiary alicyclic amines) is 1. The molecule has 1 fully saturated rings. The van der Waals surface area contributed by atoms with Crippen molar-refractivity contribution in [2.45, 2.75) is 143 Å². The van der Waals surface area contributed by atoms with Crippen molar-refractivity contribution in [2.24, 2.45) is 5.41 Å². The van der Waals surface area contributed by atoms with Crippen LogP contribution in [0.4, 0.5) is 10.5 Å². The number of aliphatic hydroxyl groups is 1. The van der Waals surface area contributed by atoms with E-state index in [2.05, 4.69) is 38.2 Å². The second kappa shape index (κ2) is 27.4. The number of amides is 6. The number of hydrogen-bond acceptors (Lipinski definition) is 12. The predicted octanol–water partition coefficient (Wildman–Crippen LogP) is 7.82. The number of unbranched alkanes of at least 4 members (excludes halogenated alkanes) is 5. The Kier molecular flexibility index (Phi) is 20.9. The van der Waals surface area contributed by atoms with Gasteiger partial charge in [0.25, 0.3) is 5.91 Å². The van der Waals surface area contributed by atoms with Crippen molar-refractivity contribution >= 4 is 46.7 Å². The Labute approximate surface area is 432 Å². The van der Waals surface area contributed by atoms with Gasteiger partial charge in [0.15, 0.2) is 0 Å². The highest BCUT2D eigenvalue weighted by molar-refractivity contribution is 7.13. The van der Waals surface area contributed by atoms with Crippen molar-refractivity contribution in [1.29, 1.82) is 0 Å². The molecule has 1 aliphatic heterocycles. The molecule has 1 saturated heterocycles. The molecule has 3 aromatic carbocycles. The first kappa shape index (κ1) is 55.6. The normalized spacial score (nSPS) is 14.9. The summed E-state index contributed by atoms with van der Waals surface area (Å²) in [5.41, 5.74) is 8.43. The van der Waals surface area contributed by atoms with Gasteiger partial charge in [-0.3, -0.25) is 29.1 Å². The van der Waals surface area contributed by atoms with Crippen LogP contribution in [0.5, 0.6) is 5.75 Å². The Balaban J connectivity index is 0.841. The van der Waals surface area contributed by atoms with Crippen LogP contribution in [0.15, 0.2) is 84.5 Å². The molecule has 0 aliphatic carbocycles. The van der Waals surface area contributed by atoms with Gasteiger partial charge in [0.1, 0.15) is 17.8 Å². The third-order valence-corrected chi connectivity index (χ3v) is 13.8. The van der Waals surface area contributed by atoms with E-state index in [1.165, 1.54) is 4.90 Å². The number of thiazole rings is 1. The number of ether oxygens (including phenoxy) is 1. The molecule has 0 bridgehead atoms. The fraction of sp³-hybridized carbons (Fsp3) is 0.481. The van der Waals surface area contributed by atoms with Gasteiger partial charge in [-0.25, -0.2) is 15.3 Å². The van der Waals surface area contributed by atoms with Crippen LogP contribution >= 0.6 is 11.3 Å². The number of aryl methyl sites for hydroxylation is 3. The van der Waals surface area contributed by atoms with E-state index in [0.717, 1.165) is 90.2 Å². The first-order valence-electron chi connectivity index (χ1n) is 25.4. The lowest BCUT2D eigenvalue weighted by atomic mass is 9.85. The maximum Gasteiger partial charge on any atom is 0.322 e. The Morgan fingerprint density at radius 1 is 0.904 bits per heavy atom. The third-order valence-electron chi connectivity index (χ3n) is 12.8. The number of carbonyl (C=O) groups excluding carboxylic acids is 5. The van der Waals surface area contributed by atoms with E-state index in [0.29, 0.717) is 43.8 Å². The average molecular weight is 1020 g/mol. The van der Waals surface area contributed by atoms with Gasteiger partial charge in [-0.2, -0.15) is 0 Å². The number of hydroxylamine groups is 1. The summed E-state index contributed by atoms with van der Waals surface area (Å²) in [6.07, 6.45) is 9.03. The summed E-state index contributed by atoms with van der Waals surface area (Å²) in [6.45, 7) is 12.2. The quantitative estimate of drug-likeness (QED) is 0.0178. The molecule has 2 aromatic heterocycles. The van der Waals surface area contributed by atoms with Gasteiger partial charge < -0.3 is 35.6 Å². The number of nitrogens with zero attached hydrogens (tertiary/aromatic N) is 6. The highest BCUT2D eigenvalue weighted by Gasteiger charge is 2.44. The highest BCUT2D eigenvalue weighted by atomic mass is 32.1. The lowest BCUT2D eigenvalue weighted by Gasteiger charge is -2.35. The molecule has 0 saturated carbocycles. The minimum Gasteiger partial charge on any atom is -0.494 e. The maximum atomic E-state index is 14.0. The zero-order valence-corrected chi connectivity index (χ0v) is 43.6. The zero-order valence-electron chi connectivity index (χ0n) is 42.8. The molecule has 19 heteroatoms. The summed E-state index contributed by atoms with van der Waals surface area (Å²) in [5, 5.41) is 37.0. The van der Waals surface area contributed by atoms with Crippen molar-refractivity contribution in [1.82, 2.24) is 45.9 Å². The van der Waals surface area contributed by atoms with Crippen LogP contribution in [0.1, 0.15) is 125 Å². The number of benzene rings is 3. The molecular weight excluding hydrogens is 949 g/mol. The fourth-order valence-electron chi connectivity index (χ4n) is 8.57. The minimum absolute atomic E-state index is 0.0124. The molecule has 1 aliphatic rings. The Hall–Kier alpha value is -6.70. The van der Waals surface area contributed by atoms with Crippen LogP contribution in [0.25, 0.3) is 10.4 Å². The first-order valence-corrected chi connectivity index (χ1v) is 26.3. The monoisotopic (exact) mass is 1020 g/mol. The number of aliphatic hydroxyl groups excluding tert-OH is 1. The predicted molar refractivity (Wildman–Crippen MR) is 280 cm³/mol. The Bertz CT molecular complexity index is 2560. The highest BCUT2D eigenvalue weighted by Crippen LogP contribution is 2.29. The van der Waals surface area contributed by atoms with Gasteiger partial charge in [-0.05, 0) is 110 Å². The molecule has 6 N–H and O–H groups in total. The fourth-order valence-corrected chi connectivity index (χ4v) is 9.38. The van der Waals surface area contributed by atoms with Gasteiger partial charge in [0, 0.05) is 63.0 Å². The number of nitrogens with one attached hydrogen (secondary N) is 4. The average Bonchev–Trinajstić information content (AvgIpc) is 4.14. The topological polar surface area (TPSA) is 233 Å². The molecule has 392 valence electrons. The van der Waals surface area contributed by atoms with Crippen molar-refractivity contribution in [3.05, 3.63) is 113 Å². The molecule has 18 nitrogen and oxygen atoms in total. The third kappa shape index (κ3) is 16.9. The van der Waals surface area contributed by atoms with E-state index < -0.39 is 29.5 Å². The van der Waals surface area contributed by atoms with E-state index in [1.807, 2.05) is 92.6 Å². The van der Waals surface area contributed by atoms with Crippen molar-refractivity contribution in [3.63, 3.8) is 0 Å². The smallest absolute Gasteiger partial charge is 0.322 e. The molecule has 5 aromatic rings. The number of rotatable bonds is 26. The molecule has 0 unspecified atom stereocenters. The molecule has 0 spiro atoms. The van der Waals surface area contributed by atoms with E-state index in [1.54, 1.807) is 46.0 Å². The summed E-state index contributed by atoms with van der Waals surface area (Å²) in [5.74, 6) is -0.854. The Morgan fingerprint density at radius 2 is 1.63 bits per heavy atom. The summed E-state index contributed by atoms with van der Waals surface area (Å²) >= 11 is 1.58. The molecule has 6 amide bonds. The molecule has 73 heavy (non-hydrogen) atoms. The molecule has 0 radical (unpaired) electrons. The van der Waals surface area contributed by atoms with Crippen LogP contribution in [-0.2, 0) is 40.4 Å². The van der Waals surface area contributed by atoms with E-state index in [4.69, 9.17) is 9.94 Å². The SMILES string of the molecule is CCCCN(Cc1ccc(C(=O)NO)cc1)C(=O)Nc1ccc(OCCCCCCn2cc(CCCCC(=O)N[C@H](C(=O)N3C[C@H](O)C[C@H]3C(=O)NCc3ccc(-c4scnc4C)cc3)C(C)(C)C)nn2)cc1. The van der Waals surface area contributed by atoms with Crippen LogP contribution < -0.4 is 26.2 Å². The number of aromatic nitrogens is 4. The van der Waals surface area contributed by atoms with Crippen molar-refractivity contribution in [3.8, 4) is 16.2 Å². The largest absolute Gasteiger partial charge is 0.494 e. The summed E-state index contributed by atoms with van der Waals surface area (Å²) in [6, 6.07) is 20.0. The van der Waals surface area contributed by atoms with Gasteiger partial charge in [0.2, 0.25) is 17.7 Å². The number of β-amino-alcohol motifs (C(OH)–C–C–N with tert-alkyl or cyclic N) is 1. The van der Waals surface area contributed by atoms with E-state index in [-0.39, 0.29) is 49.7 Å². The van der Waals surface area contributed by atoms with E-state index >= 15 is 0 Å². The summed E-state index contributed by atoms with van der Waals surface area (Å²) in [4.78, 5) is 74.2. The minimum atomic E-state index is -0.888. The van der Waals surface area contributed by atoms with Crippen LogP contribution in [0.3, 0.4) is 0 Å². The van der Waals surface area contributed by atoms with Gasteiger partial charge in [-0.1, -0.05) is 82.1 Å². The lowest BCUT2D eigenvalue weighted by Crippen LogP contribution is -2.57. The molecule has 3 atom stereocenters. The van der Waals surface area contributed by atoms with Crippen LogP contribution in [0, 0.1) is 12.3 Å². The van der Waals surface area contributed by atoms with E-state index in [9.17, 15) is 29.1 Å². The molecule has 3 heterocycles. The van der Waals surface area contributed by atoms with Crippen molar-refractivity contribution < 1.29 is 39.0 Å². The van der Waals surface area contributed by atoms with Gasteiger partial charge in [0.05, 0.1) is 34.5 Å². The zero-order chi connectivity index (χ0) is 52.3. The number of hydrogen-bond donors (Lipinski definition) is 6. The number of urea groups is 1. The maximum absolute atomic E-state index is 14.0. The summed E-state index contributed by atoms with van der Waals surface area (Å²) in [7, 11) is 0. The molecular formula is C54H72N10O8S. The lowest BCUT2D eigenvalue weighted by molar-refractivity contribution is -0.144. The van der Waals surface area contributed by atoms with Crippen LogP contribution in [-0.4, -0.2) is 108 Å². The first-order chi connectivity index (χ1) is 35.1. The second-order valence-electron chi connectivity index (χ2n) is 19.8. The van der Waals surface area contributed by atoms with Gasteiger partial charge >= 0.3 is 6.03 Å². The standard InChI is InChI=1S/C54H72N10O8S/c1-6-7-28-62(33-39-18-22-41(23-19-39)50(67)60-71)53(70)57-42-24-26-45(27-25-42)72-30-13-9-8-12-29-63-34-43(59-61-63)14-10-11-15-47(66)58-49(54(3,4)5)52(69)64-35-44(65)31-46(64)51(68)55-32-38-16-20-40(21-17-38)48-37(2)56-36-73-48/h16-27,34,36,44,46,49,65,71H,6-15,28-33,35H2,1-5H3,(H,55,68)(H,57,70)(H,58,66)(H,60,67)/t44-,46+,49-/m1/s1. The number of anilines is 1. The van der Waals surface area contributed by atoms with Crippen LogP contribution in [0.2, 0.25) is 0 Å². The number of carbonyl (C=O) groups is 5. The second-order valence-corrected chi connectivity index (χ2v) is 20.6. The summed E-state index contributed by atoms with van der Waals surface area (Å²) < 4.78 is 7.81. The van der Waals surface area contributed by atoms with Crippen molar-refractivity contribution in [2.75, 3.05) is 25.0 Å². The Morgan fingerprint density at radius 3 is 2.32 bits per heavy atom.